The number of rotatable bonds is 2. The number of nitrogen functional groups attached to an aromatic ring is 1. The lowest BCUT2D eigenvalue weighted by atomic mass is 10.1. The van der Waals surface area contributed by atoms with Crippen LogP contribution in [0.5, 0.6) is 11.5 Å². The summed E-state index contributed by atoms with van der Waals surface area (Å²) in [5.74, 6) is 3.31. The van der Waals surface area contributed by atoms with E-state index in [1.165, 1.54) is 20.5 Å². The Morgan fingerprint density at radius 1 is 1.08 bits per heavy atom. The van der Waals surface area contributed by atoms with E-state index in [0.717, 1.165) is 11.8 Å². The second-order valence-corrected chi connectivity index (χ2v) is 5.14. The van der Waals surface area contributed by atoms with Crippen molar-refractivity contribution in [3.05, 3.63) is 46.9 Å². The molecule has 0 atom stereocenters. The van der Waals surface area contributed by atoms with E-state index in [1.807, 2.05) is 0 Å². The van der Waals surface area contributed by atoms with E-state index in [-0.39, 0.29) is 17.3 Å². The maximum absolute atomic E-state index is 14.4. The Balaban J connectivity index is 2.21. The van der Waals surface area contributed by atoms with E-state index in [1.54, 1.807) is 17.5 Å². The summed E-state index contributed by atoms with van der Waals surface area (Å²) in [5.41, 5.74) is 7.10. The van der Waals surface area contributed by atoms with Gasteiger partial charge in [-0.25, -0.2) is 18.3 Å². The van der Waals surface area contributed by atoms with Crippen LogP contribution in [-0.4, -0.2) is 28.8 Å². The first-order chi connectivity index (χ1) is 12.0. The Hall–Kier alpha value is -3.34. The van der Waals surface area contributed by atoms with E-state index in [0.29, 0.717) is 11.1 Å². The Labute approximate surface area is 142 Å². The minimum Gasteiger partial charge on any atom is -0.493 e. The molecule has 0 fully saturated rings. The largest absolute Gasteiger partial charge is 0.493 e. The molecule has 0 radical (unpaired) electrons. The molecule has 0 amide bonds. The van der Waals surface area contributed by atoms with Gasteiger partial charge in [-0.2, -0.15) is 5.10 Å². The van der Waals surface area contributed by atoms with Crippen LogP contribution in [0.2, 0.25) is 0 Å². The SMILES string of the molecule is COc1cc(OC)c(F)c(C#Cc2cc(C)n3ncnc(N)c23)c1F. The lowest BCUT2D eigenvalue weighted by Gasteiger charge is -2.08. The Kier molecular flexibility index (Phi) is 4.15. The summed E-state index contributed by atoms with van der Waals surface area (Å²) in [7, 11) is 2.55. The van der Waals surface area contributed by atoms with Crippen molar-refractivity contribution in [1.29, 1.82) is 0 Å². The average Bonchev–Trinajstić information content (AvgIpc) is 2.92. The van der Waals surface area contributed by atoms with Crippen molar-refractivity contribution in [2.75, 3.05) is 20.0 Å². The Morgan fingerprint density at radius 3 is 2.32 bits per heavy atom. The monoisotopic (exact) mass is 344 g/mol. The first-order valence-corrected chi connectivity index (χ1v) is 7.18. The van der Waals surface area contributed by atoms with Crippen LogP contribution in [0.15, 0.2) is 18.5 Å². The van der Waals surface area contributed by atoms with Crippen molar-refractivity contribution in [2.24, 2.45) is 0 Å². The van der Waals surface area contributed by atoms with E-state index < -0.39 is 17.2 Å². The van der Waals surface area contributed by atoms with E-state index in [9.17, 15) is 8.78 Å². The molecule has 0 aliphatic carbocycles. The first-order valence-electron chi connectivity index (χ1n) is 7.18. The van der Waals surface area contributed by atoms with Gasteiger partial charge in [-0.3, -0.25) is 0 Å². The summed E-state index contributed by atoms with van der Waals surface area (Å²) in [4.78, 5) is 3.92. The Bertz CT molecular complexity index is 1010. The van der Waals surface area contributed by atoms with Crippen LogP contribution in [0.3, 0.4) is 0 Å². The van der Waals surface area contributed by atoms with Crippen molar-refractivity contribution in [1.82, 2.24) is 14.6 Å². The number of benzene rings is 1. The van der Waals surface area contributed by atoms with E-state index in [4.69, 9.17) is 15.2 Å². The molecule has 3 rings (SSSR count). The second-order valence-electron chi connectivity index (χ2n) is 5.14. The number of aryl methyl sites for hydroxylation is 1. The second kappa shape index (κ2) is 6.28. The maximum atomic E-state index is 14.4. The van der Waals surface area contributed by atoms with Crippen molar-refractivity contribution in [2.45, 2.75) is 6.92 Å². The molecule has 1 aromatic carbocycles. The first kappa shape index (κ1) is 16.5. The molecule has 0 unspecified atom stereocenters. The molecule has 0 saturated carbocycles. The van der Waals surface area contributed by atoms with Crippen LogP contribution in [0.4, 0.5) is 14.6 Å². The number of hydrogen-bond donors (Lipinski definition) is 1. The molecule has 0 saturated heterocycles. The highest BCUT2D eigenvalue weighted by atomic mass is 19.1. The van der Waals surface area contributed by atoms with Crippen LogP contribution >= 0.6 is 0 Å². The molecule has 2 aromatic heterocycles. The van der Waals surface area contributed by atoms with E-state index >= 15 is 0 Å². The topological polar surface area (TPSA) is 74.7 Å². The van der Waals surface area contributed by atoms with Gasteiger partial charge in [-0.05, 0) is 13.0 Å². The molecule has 0 aliphatic rings. The van der Waals surface area contributed by atoms with Crippen LogP contribution in [0.25, 0.3) is 5.52 Å². The number of nitrogens with two attached hydrogens (primary N) is 1. The van der Waals surface area contributed by atoms with Crippen LogP contribution in [0.1, 0.15) is 16.8 Å². The van der Waals surface area contributed by atoms with Crippen LogP contribution < -0.4 is 15.2 Å². The quantitative estimate of drug-likeness (QED) is 0.722. The zero-order chi connectivity index (χ0) is 18.1. The van der Waals surface area contributed by atoms with Gasteiger partial charge in [-0.1, -0.05) is 11.8 Å². The number of methoxy groups -OCH3 is 2. The summed E-state index contributed by atoms with van der Waals surface area (Å²) >= 11 is 0. The predicted molar refractivity (Wildman–Crippen MR) is 87.6 cm³/mol. The maximum Gasteiger partial charge on any atom is 0.183 e. The summed E-state index contributed by atoms with van der Waals surface area (Å²) in [5, 5.41) is 4.08. The summed E-state index contributed by atoms with van der Waals surface area (Å²) in [6.45, 7) is 1.81. The van der Waals surface area contributed by atoms with Crippen molar-refractivity contribution in [3.63, 3.8) is 0 Å². The molecule has 0 spiro atoms. The zero-order valence-electron chi connectivity index (χ0n) is 13.7. The van der Waals surface area contributed by atoms with Gasteiger partial charge in [0.1, 0.15) is 17.4 Å². The molecule has 6 nitrogen and oxygen atoms in total. The Morgan fingerprint density at radius 2 is 1.72 bits per heavy atom. The smallest absolute Gasteiger partial charge is 0.183 e. The summed E-state index contributed by atoms with van der Waals surface area (Å²) in [6, 6.07) is 2.83. The van der Waals surface area contributed by atoms with Gasteiger partial charge in [0.15, 0.2) is 29.0 Å². The van der Waals surface area contributed by atoms with Gasteiger partial charge in [0.2, 0.25) is 0 Å². The van der Waals surface area contributed by atoms with Crippen molar-refractivity contribution in [3.8, 4) is 23.3 Å². The van der Waals surface area contributed by atoms with Gasteiger partial charge < -0.3 is 15.2 Å². The van der Waals surface area contributed by atoms with Gasteiger partial charge in [0, 0.05) is 11.8 Å². The third-order valence-corrected chi connectivity index (χ3v) is 3.66. The fourth-order valence-corrected chi connectivity index (χ4v) is 2.45. The minimum absolute atomic E-state index is 0.164. The molecule has 2 heterocycles. The molecule has 0 bridgehead atoms. The summed E-state index contributed by atoms with van der Waals surface area (Å²) in [6.07, 6.45) is 1.32. The minimum atomic E-state index is -0.905. The summed E-state index contributed by atoms with van der Waals surface area (Å²) < 4.78 is 40.1. The molecule has 8 heteroatoms. The predicted octanol–water partition coefficient (Wildman–Crippen LogP) is 2.32. The third kappa shape index (κ3) is 2.70. The molecule has 0 aliphatic heterocycles. The van der Waals surface area contributed by atoms with Crippen molar-refractivity contribution < 1.29 is 18.3 Å². The third-order valence-electron chi connectivity index (χ3n) is 3.66. The highest BCUT2D eigenvalue weighted by Gasteiger charge is 2.19. The highest BCUT2D eigenvalue weighted by molar-refractivity contribution is 5.75. The number of aromatic nitrogens is 3. The number of halogens is 2. The normalized spacial score (nSPS) is 10.4. The number of nitrogens with zero attached hydrogens (tertiary/aromatic N) is 3. The van der Waals surface area contributed by atoms with Crippen molar-refractivity contribution >= 4 is 11.3 Å². The molecular formula is C17H14F2N4O2. The van der Waals surface area contributed by atoms with Gasteiger partial charge in [-0.15, -0.1) is 0 Å². The molecule has 25 heavy (non-hydrogen) atoms. The lowest BCUT2D eigenvalue weighted by molar-refractivity contribution is 0.357. The number of fused-ring (bicyclic) bond motifs is 1. The average molecular weight is 344 g/mol. The molecule has 2 N–H and O–H groups in total. The van der Waals surface area contributed by atoms with Gasteiger partial charge in [0.05, 0.1) is 19.8 Å². The molecule has 128 valence electrons. The highest BCUT2D eigenvalue weighted by Crippen LogP contribution is 2.31. The van der Waals surface area contributed by atoms with Crippen LogP contribution in [0, 0.1) is 30.4 Å². The molecule has 3 aromatic rings. The van der Waals surface area contributed by atoms with Gasteiger partial charge in [0.25, 0.3) is 0 Å². The van der Waals surface area contributed by atoms with Gasteiger partial charge >= 0.3 is 0 Å². The number of ether oxygens (including phenoxy) is 2. The fourth-order valence-electron chi connectivity index (χ4n) is 2.45. The number of hydrogen-bond acceptors (Lipinski definition) is 5. The standard InChI is InChI=1S/C17H14F2N4O2/c1-9-6-10(16-17(20)21-8-22-23(9)16)4-5-11-14(18)12(24-2)7-13(25-3)15(11)19/h6-8H,1-3H3,(H2,20,21,22). The number of anilines is 1. The van der Waals surface area contributed by atoms with Crippen LogP contribution in [-0.2, 0) is 0 Å². The molecular weight excluding hydrogens is 330 g/mol. The fraction of sp³-hybridized carbons (Fsp3) is 0.176. The van der Waals surface area contributed by atoms with E-state index in [2.05, 4.69) is 21.9 Å². The zero-order valence-corrected chi connectivity index (χ0v) is 13.7. The lowest BCUT2D eigenvalue weighted by Crippen LogP contribution is -2.00.